The number of aromatic hydroxyl groups is 1. The van der Waals surface area contributed by atoms with Crippen LogP contribution in [0.25, 0.3) is 21.8 Å². The average molecular weight is 559 g/mol. The van der Waals surface area contributed by atoms with Gasteiger partial charge < -0.3 is 25.1 Å². The molecule has 0 saturated carbocycles. The van der Waals surface area contributed by atoms with E-state index in [1.807, 2.05) is 37.3 Å². The number of hydroxylamine groups is 2. The molecule has 0 bridgehead atoms. The minimum atomic E-state index is -0.552. The second-order valence-corrected chi connectivity index (χ2v) is 9.43. The standard InChI is InChI=1S/C27H22N6O6S/c1-14-9-22(23(37-2)11-16(14)13-33-38-40-39-33)31-32-24-18-6-4-3-5-15(18)10-19(25(24)34)26(35)28-17-7-8-20-21(12-17)30-27(36)29-20/h3-12,34H,13H2,1-2H3,(H,28,35)(H2,29,30,36). The molecule has 12 nitrogen and oxygen atoms in total. The molecule has 0 spiro atoms. The van der Waals surface area contributed by atoms with Crippen molar-refractivity contribution in [1.29, 1.82) is 0 Å². The van der Waals surface area contributed by atoms with Crippen LogP contribution in [0.2, 0.25) is 0 Å². The molecule has 4 aromatic carbocycles. The van der Waals surface area contributed by atoms with Crippen LogP contribution in [0.15, 0.2) is 75.7 Å². The number of fused-ring (bicyclic) bond motifs is 2. The van der Waals surface area contributed by atoms with Gasteiger partial charge in [-0.05, 0) is 65.1 Å². The molecule has 1 amide bonds. The van der Waals surface area contributed by atoms with E-state index in [0.717, 1.165) is 23.5 Å². The zero-order chi connectivity index (χ0) is 27.8. The van der Waals surface area contributed by atoms with Crippen molar-refractivity contribution < 1.29 is 23.2 Å². The Morgan fingerprint density at radius 1 is 1.07 bits per heavy atom. The van der Waals surface area contributed by atoms with Gasteiger partial charge in [0, 0.05) is 11.1 Å². The van der Waals surface area contributed by atoms with Crippen LogP contribution >= 0.6 is 12.3 Å². The van der Waals surface area contributed by atoms with Gasteiger partial charge in [-0.2, -0.15) is 8.57 Å². The van der Waals surface area contributed by atoms with Crippen molar-refractivity contribution >= 4 is 57.1 Å². The van der Waals surface area contributed by atoms with E-state index >= 15 is 0 Å². The number of carbonyl (C=O) groups excluding carboxylic acids is 1. The van der Waals surface area contributed by atoms with Gasteiger partial charge in [-0.3, -0.25) is 4.79 Å². The van der Waals surface area contributed by atoms with E-state index < -0.39 is 5.91 Å². The highest BCUT2D eigenvalue weighted by Gasteiger charge is 2.22. The maximum Gasteiger partial charge on any atom is 0.323 e. The van der Waals surface area contributed by atoms with Crippen LogP contribution in [-0.2, 0) is 15.1 Å². The van der Waals surface area contributed by atoms with E-state index in [9.17, 15) is 14.7 Å². The number of benzene rings is 4. The van der Waals surface area contributed by atoms with E-state index in [2.05, 4.69) is 25.5 Å². The third-order valence-electron chi connectivity index (χ3n) is 6.44. The highest BCUT2D eigenvalue weighted by molar-refractivity contribution is 7.90. The van der Waals surface area contributed by atoms with Crippen LogP contribution < -0.4 is 15.7 Å². The summed E-state index contributed by atoms with van der Waals surface area (Å²) in [5, 5.41) is 25.4. The Morgan fingerprint density at radius 2 is 1.88 bits per heavy atom. The molecule has 1 fully saturated rings. The SMILES string of the molecule is COc1cc(CN2OSO2)c(C)cc1N=Nc1c(O)c(C(=O)Nc2ccc3[nH]c(=O)[nH]c3c2)cc2ccccc12. The lowest BCUT2D eigenvalue weighted by Crippen LogP contribution is -2.26. The molecule has 202 valence electrons. The number of phenols is 1. The minimum Gasteiger partial charge on any atom is -0.505 e. The Hall–Kier alpha value is -4.69. The summed E-state index contributed by atoms with van der Waals surface area (Å²) >= 11 is 0.891. The highest BCUT2D eigenvalue weighted by atomic mass is 32.2. The number of phenolic OH excluding ortho intramolecular Hbond substituents is 1. The number of amides is 1. The Morgan fingerprint density at radius 3 is 2.65 bits per heavy atom. The summed E-state index contributed by atoms with van der Waals surface area (Å²) in [6.07, 6.45) is 0. The number of nitrogens with zero attached hydrogens (tertiary/aromatic N) is 3. The van der Waals surface area contributed by atoms with E-state index in [1.165, 1.54) is 12.3 Å². The van der Waals surface area contributed by atoms with Crippen molar-refractivity contribution in [2.75, 3.05) is 12.4 Å². The smallest absolute Gasteiger partial charge is 0.323 e. The predicted octanol–water partition coefficient (Wildman–Crippen LogP) is 5.94. The van der Waals surface area contributed by atoms with Gasteiger partial charge in [-0.25, -0.2) is 4.79 Å². The molecule has 0 radical (unpaired) electrons. The first-order valence-electron chi connectivity index (χ1n) is 12.1. The normalized spacial score (nSPS) is 13.7. The lowest BCUT2D eigenvalue weighted by molar-refractivity contribution is -0.309. The molecule has 0 aliphatic carbocycles. The third-order valence-corrected chi connectivity index (χ3v) is 6.89. The number of methoxy groups -OCH3 is 1. The Kier molecular flexibility index (Phi) is 6.69. The Labute approximate surface area is 230 Å². The van der Waals surface area contributed by atoms with Crippen molar-refractivity contribution in [3.63, 3.8) is 0 Å². The first-order chi connectivity index (χ1) is 19.4. The van der Waals surface area contributed by atoms with E-state index in [4.69, 9.17) is 13.3 Å². The highest BCUT2D eigenvalue weighted by Crippen LogP contribution is 2.41. The molecule has 6 rings (SSSR count). The third kappa shape index (κ3) is 4.89. The summed E-state index contributed by atoms with van der Waals surface area (Å²) < 4.78 is 15.8. The molecule has 1 aliphatic rings. The molecule has 5 aromatic rings. The van der Waals surface area contributed by atoms with Crippen molar-refractivity contribution in [3.8, 4) is 11.5 Å². The molecule has 0 atom stereocenters. The van der Waals surface area contributed by atoms with Crippen LogP contribution in [-0.4, -0.2) is 33.3 Å². The molecule has 1 aliphatic heterocycles. The molecular formula is C27H22N6O6S. The topological polar surface area (TPSA) is 154 Å². The fraction of sp³-hybridized carbons (Fsp3) is 0.111. The fourth-order valence-electron chi connectivity index (χ4n) is 4.40. The maximum atomic E-state index is 13.3. The van der Waals surface area contributed by atoms with E-state index in [1.54, 1.807) is 30.3 Å². The van der Waals surface area contributed by atoms with Crippen molar-refractivity contribution in [3.05, 3.63) is 87.8 Å². The largest absolute Gasteiger partial charge is 0.505 e. The average Bonchev–Trinajstić information content (AvgIpc) is 3.29. The summed E-state index contributed by atoms with van der Waals surface area (Å²) in [5.41, 5.74) is 3.65. The minimum absolute atomic E-state index is 0.0150. The molecule has 1 aromatic heterocycles. The number of hydrogen-bond acceptors (Lipinski definition) is 10. The van der Waals surface area contributed by atoms with Crippen LogP contribution in [0.5, 0.6) is 11.5 Å². The zero-order valence-corrected chi connectivity index (χ0v) is 22.0. The van der Waals surface area contributed by atoms with Crippen LogP contribution in [0.1, 0.15) is 21.5 Å². The zero-order valence-electron chi connectivity index (χ0n) is 21.2. The van der Waals surface area contributed by atoms with Crippen LogP contribution in [0.4, 0.5) is 17.1 Å². The number of hydrogen-bond donors (Lipinski definition) is 4. The summed E-state index contributed by atoms with van der Waals surface area (Å²) in [5.74, 6) is -0.412. The van der Waals surface area contributed by atoms with Gasteiger partial charge in [0.15, 0.2) is 5.75 Å². The van der Waals surface area contributed by atoms with E-state index in [-0.39, 0.29) is 22.7 Å². The number of azo groups is 1. The molecule has 0 unspecified atom stereocenters. The number of carbonyl (C=O) groups is 1. The van der Waals surface area contributed by atoms with Crippen molar-refractivity contribution in [2.24, 2.45) is 10.2 Å². The van der Waals surface area contributed by atoms with Gasteiger partial charge in [-0.1, -0.05) is 24.3 Å². The number of rotatable bonds is 7. The quantitative estimate of drug-likeness (QED) is 0.141. The Balaban J connectivity index is 1.35. The number of H-pyrrole nitrogens is 2. The van der Waals surface area contributed by atoms with Gasteiger partial charge in [0.25, 0.3) is 5.91 Å². The number of ether oxygens (including phenoxy) is 1. The lowest BCUT2D eigenvalue weighted by atomic mass is 10.0. The first kappa shape index (κ1) is 25.6. The van der Waals surface area contributed by atoms with Crippen molar-refractivity contribution in [1.82, 2.24) is 15.2 Å². The molecule has 2 heterocycles. The number of aromatic nitrogens is 2. The number of imidazole rings is 1. The monoisotopic (exact) mass is 558 g/mol. The number of nitrogens with one attached hydrogen (secondary N) is 3. The number of aryl methyl sites for hydroxylation is 1. The van der Waals surface area contributed by atoms with Gasteiger partial charge in [0.2, 0.25) is 12.3 Å². The molecule has 13 heteroatoms. The van der Waals surface area contributed by atoms with Crippen molar-refractivity contribution in [2.45, 2.75) is 13.5 Å². The lowest BCUT2D eigenvalue weighted by Gasteiger charge is -2.25. The van der Waals surface area contributed by atoms with E-state index in [0.29, 0.717) is 45.5 Å². The molecule has 40 heavy (non-hydrogen) atoms. The van der Waals surface area contributed by atoms with Gasteiger partial charge in [0.1, 0.15) is 17.1 Å². The summed E-state index contributed by atoms with van der Waals surface area (Å²) in [6.45, 7) is 2.31. The summed E-state index contributed by atoms with van der Waals surface area (Å²) in [7, 11) is 1.53. The summed E-state index contributed by atoms with van der Waals surface area (Å²) in [4.78, 5) is 30.2. The number of anilines is 1. The van der Waals surface area contributed by atoms with Crippen LogP contribution in [0.3, 0.4) is 0 Å². The second-order valence-electron chi connectivity index (χ2n) is 8.99. The van der Waals surface area contributed by atoms with Gasteiger partial charge in [0.05, 0.1) is 30.3 Å². The van der Waals surface area contributed by atoms with Gasteiger partial charge >= 0.3 is 5.69 Å². The fourth-order valence-corrected chi connectivity index (χ4v) is 4.65. The van der Waals surface area contributed by atoms with Gasteiger partial charge in [-0.15, -0.1) is 10.2 Å². The maximum absolute atomic E-state index is 13.3. The molecule has 4 N–H and O–H groups in total. The first-order valence-corrected chi connectivity index (χ1v) is 12.7. The Bertz CT molecular complexity index is 1860. The molecule has 1 saturated heterocycles. The second kappa shape index (κ2) is 10.5. The van der Waals surface area contributed by atoms with Crippen LogP contribution in [0, 0.1) is 6.92 Å². The molecular weight excluding hydrogens is 536 g/mol. The number of aromatic amines is 2. The summed E-state index contributed by atoms with van der Waals surface area (Å²) in [6, 6.07) is 17.4. The predicted molar refractivity (Wildman–Crippen MR) is 150 cm³/mol.